The van der Waals surface area contributed by atoms with E-state index in [0.29, 0.717) is 6.04 Å². The lowest BCUT2D eigenvalue weighted by Crippen LogP contribution is -2.41. The lowest BCUT2D eigenvalue weighted by molar-refractivity contribution is 0.237. The third-order valence-corrected chi connectivity index (χ3v) is 5.94. The van der Waals surface area contributed by atoms with Crippen LogP contribution in [0.25, 0.3) is 0 Å². The van der Waals surface area contributed by atoms with Gasteiger partial charge < -0.3 is 10.6 Å². The molecule has 6 heteroatoms. The van der Waals surface area contributed by atoms with Gasteiger partial charge in [0.05, 0.1) is 5.01 Å². The summed E-state index contributed by atoms with van der Waals surface area (Å²) in [5, 5.41) is 10.0. The quantitative estimate of drug-likeness (QED) is 0.755. The maximum atomic E-state index is 11.8. The van der Waals surface area contributed by atoms with Crippen LogP contribution in [0.3, 0.4) is 0 Å². The van der Waals surface area contributed by atoms with Gasteiger partial charge in [0.2, 0.25) is 0 Å². The summed E-state index contributed by atoms with van der Waals surface area (Å²) in [6.45, 7) is 2.77. The number of thioether (sulfide) groups is 1. The van der Waals surface area contributed by atoms with Crippen LogP contribution < -0.4 is 10.6 Å². The van der Waals surface area contributed by atoms with Crippen molar-refractivity contribution in [2.24, 2.45) is 0 Å². The van der Waals surface area contributed by atoms with E-state index >= 15 is 0 Å². The van der Waals surface area contributed by atoms with Crippen molar-refractivity contribution < 1.29 is 4.79 Å². The van der Waals surface area contributed by atoms with Crippen LogP contribution in [0, 0.1) is 6.92 Å². The van der Waals surface area contributed by atoms with Crippen LogP contribution in [0.2, 0.25) is 0 Å². The first-order valence-electron chi connectivity index (χ1n) is 7.65. The Morgan fingerprint density at radius 3 is 3.00 bits per heavy atom. The monoisotopic (exact) mass is 327 g/mol. The molecule has 2 amide bonds. The van der Waals surface area contributed by atoms with Crippen molar-refractivity contribution in [1.29, 1.82) is 0 Å². The van der Waals surface area contributed by atoms with Crippen LogP contribution in [0.4, 0.5) is 4.79 Å². The number of nitrogens with one attached hydrogen (secondary N) is 2. The summed E-state index contributed by atoms with van der Waals surface area (Å²) in [4.78, 5) is 16.2. The molecule has 4 nitrogen and oxygen atoms in total. The number of unbranched alkanes of at least 4 members (excludes halogenated alkanes) is 1. The molecule has 0 radical (unpaired) electrons. The fraction of sp³-hybridized carbons (Fsp3) is 0.733. The molecule has 1 aromatic heterocycles. The zero-order chi connectivity index (χ0) is 15.1. The maximum absolute atomic E-state index is 11.8. The molecular formula is C15H25N3OS2. The molecule has 2 N–H and O–H groups in total. The molecule has 0 aliphatic heterocycles. The molecule has 21 heavy (non-hydrogen) atoms. The molecule has 2 atom stereocenters. The van der Waals surface area contributed by atoms with E-state index in [1.54, 1.807) is 11.3 Å². The Labute approximate surface area is 135 Å². The second-order valence-electron chi connectivity index (χ2n) is 5.61. The number of hydrogen-bond donors (Lipinski definition) is 2. The summed E-state index contributed by atoms with van der Waals surface area (Å²) in [7, 11) is 0. The lowest BCUT2D eigenvalue weighted by atomic mass is 10.2. The molecule has 0 spiro atoms. The zero-order valence-electron chi connectivity index (χ0n) is 12.9. The largest absolute Gasteiger partial charge is 0.338 e. The molecule has 0 saturated heterocycles. The minimum absolute atomic E-state index is 0.00755. The molecule has 2 rings (SSSR count). The summed E-state index contributed by atoms with van der Waals surface area (Å²) in [5.74, 6) is 0. The highest BCUT2D eigenvalue weighted by atomic mass is 32.2. The van der Waals surface area contributed by atoms with E-state index in [0.717, 1.165) is 49.6 Å². The molecule has 1 heterocycles. The van der Waals surface area contributed by atoms with Crippen LogP contribution in [-0.2, 0) is 6.42 Å². The van der Waals surface area contributed by atoms with Gasteiger partial charge in [0.1, 0.15) is 0 Å². The van der Waals surface area contributed by atoms with Crippen molar-refractivity contribution >= 4 is 29.1 Å². The summed E-state index contributed by atoms with van der Waals surface area (Å²) in [5.41, 5.74) is 1.10. The Morgan fingerprint density at radius 2 is 2.33 bits per heavy atom. The predicted octanol–water partition coefficient (Wildman–Crippen LogP) is 3.36. The summed E-state index contributed by atoms with van der Waals surface area (Å²) in [6.07, 6.45) is 8.69. The highest BCUT2D eigenvalue weighted by molar-refractivity contribution is 7.99. The van der Waals surface area contributed by atoms with Crippen molar-refractivity contribution in [1.82, 2.24) is 15.6 Å². The minimum Gasteiger partial charge on any atom is -0.338 e. The predicted molar refractivity (Wildman–Crippen MR) is 91.3 cm³/mol. The molecule has 1 aliphatic carbocycles. The van der Waals surface area contributed by atoms with Gasteiger partial charge in [-0.1, -0.05) is 0 Å². The number of aryl methyl sites for hydroxylation is 2. The second kappa shape index (κ2) is 8.63. The smallest absolute Gasteiger partial charge is 0.315 e. The fourth-order valence-corrected chi connectivity index (χ4v) is 4.26. The first kappa shape index (κ1) is 16.6. The number of thiazole rings is 1. The molecule has 1 aliphatic rings. The van der Waals surface area contributed by atoms with Gasteiger partial charge >= 0.3 is 6.03 Å². The highest BCUT2D eigenvalue weighted by Crippen LogP contribution is 2.27. The summed E-state index contributed by atoms with van der Waals surface area (Å²) < 4.78 is 0. The molecule has 0 aromatic carbocycles. The second-order valence-corrected chi connectivity index (χ2v) is 7.69. The van der Waals surface area contributed by atoms with Crippen molar-refractivity contribution in [3.63, 3.8) is 0 Å². The van der Waals surface area contributed by atoms with E-state index in [2.05, 4.69) is 27.3 Å². The first-order chi connectivity index (χ1) is 10.2. The standard InChI is InChI=1S/C15H25N3OS2/c1-11-10-21-14(17-11)5-3-4-8-16-15(19)18-12-6-7-13(9-12)20-2/h10,12-13H,3-9H2,1-2H3,(H2,16,18,19)/t12-,13-/m1/s1. The Kier molecular flexibility index (Phi) is 6.83. The van der Waals surface area contributed by atoms with E-state index < -0.39 is 0 Å². The van der Waals surface area contributed by atoms with E-state index in [-0.39, 0.29) is 6.03 Å². The van der Waals surface area contributed by atoms with Crippen LogP contribution in [-0.4, -0.2) is 35.1 Å². The summed E-state index contributed by atoms with van der Waals surface area (Å²) in [6, 6.07) is 0.354. The Hall–Kier alpha value is -0.750. The Balaban J connectivity index is 1.51. The van der Waals surface area contributed by atoms with E-state index in [4.69, 9.17) is 0 Å². The van der Waals surface area contributed by atoms with Gasteiger partial charge in [-0.2, -0.15) is 11.8 Å². The SMILES string of the molecule is CS[C@@H]1CC[C@@H](NC(=O)NCCCCc2nc(C)cs2)C1. The maximum Gasteiger partial charge on any atom is 0.315 e. The average molecular weight is 328 g/mol. The van der Waals surface area contributed by atoms with Gasteiger partial charge in [-0.3, -0.25) is 0 Å². The van der Waals surface area contributed by atoms with Gasteiger partial charge in [-0.15, -0.1) is 11.3 Å². The third-order valence-electron chi connectivity index (χ3n) is 3.82. The average Bonchev–Trinajstić information content (AvgIpc) is 3.07. The molecule has 0 unspecified atom stereocenters. The van der Waals surface area contributed by atoms with Crippen LogP contribution in [0.1, 0.15) is 42.8 Å². The van der Waals surface area contributed by atoms with E-state index in [1.807, 2.05) is 18.7 Å². The van der Waals surface area contributed by atoms with Crippen molar-refractivity contribution in [2.75, 3.05) is 12.8 Å². The van der Waals surface area contributed by atoms with Gasteiger partial charge in [-0.05, 0) is 51.7 Å². The number of rotatable bonds is 7. The third kappa shape index (κ3) is 5.87. The minimum atomic E-state index is -0.00755. The number of nitrogens with zero attached hydrogens (tertiary/aromatic N) is 1. The van der Waals surface area contributed by atoms with Crippen molar-refractivity contribution in [2.45, 2.75) is 56.7 Å². The first-order valence-corrected chi connectivity index (χ1v) is 9.82. The van der Waals surface area contributed by atoms with Crippen LogP contribution in [0.5, 0.6) is 0 Å². The van der Waals surface area contributed by atoms with Gasteiger partial charge in [-0.25, -0.2) is 9.78 Å². The fourth-order valence-electron chi connectivity index (χ4n) is 2.64. The van der Waals surface area contributed by atoms with Gasteiger partial charge in [0.15, 0.2) is 0 Å². The topological polar surface area (TPSA) is 54.0 Å². The number of carbonyl (C=O) groups excluding carboxylic acids is 1. The number of urea groups is 1. The van der Waals surface area contributed by atoms with Crippen molar-refractivity contribution in [3.05, 3.63) is 16.1 Å². The molecular weight excluding hydrogens is 302 g/mol. The van der Waals surface area contributed by atoms with Crippen LogP contribution >= 0.6 is 23.1 Å². The summed E-state index contributed by atoms with van der Waals surface area (Å²) >= 11 is 3.64. The van der Waals surface area contributed by atoms with Gasteiger partial charge in [0, 0.05) is 28.9 Å². The Morgan fingerprint density at radius 1 is 1.48 bits per heavy atom. The molecule has 0 bridgehead atoms. The number of carbonyl (C=O) groups is 1. The van der Waals surface area contributed by atoms with Crippen molar-refractivity contribution in [3.8, 4) is 0 Å². The van der Waals surface area contributed by atoms with Gasteiger partial charge in [0.25, 0.3) is 0 Å². The van der Waals surface area contributed by atoms with E-state index in [1.165, 1.54) is 11.4 Å². The lowest BCUT2D eigenvalue weighted by Gasteiger charge is -2.13. The molecule has 1 saturated carbocycles. The zero-order valence-corrected chi connectivity index (χ0v) is 14.5. The number of amides is 2. The molecule has 1 aromatic rings. The highest BCUT2D eigenvalue weighted by Gasteiger charge is 2.24. The molecule has 1 fully saturated rings. The normalized spacial score (nSPS) is 21.4. The number of aromatic nitrogens is 1. The Bertz CT molecular complexity index is 450. The number of hydrogen-bond acceptors (Lipinski definition) is 4. The van der Waals surface area contributed by atoms with Crippen LogP contribution in [0.15, 0.2) is 5.38 Å². The van der Waals surface area contributed by atoms with E-state index in [9.17, 15) is 4.79 Å². The molecule has 118 valence electrons.